The number of aliphatic imine (C=N–C) groups is 1. The van der Waals surface area contributed by atoms with E-state index in [1.54, 1.807) is 26.1 Å². The highest BCUT2D eigenvalue weighted by Gasteiger charge is 2.28. The van der Waals surface area contributed by atoms with Crippen LogP contribution in [0.1, 0.15) is 24.5 Å². The molecule has 1 aromatic rings. The maximum Gasteiger partial charge on any atom is 0.422 e. The van der Waals surface area contributed by atoms with Crippen LogP contribution < -0.4 is 15.4 Å². The molecule has 1 aromatic carbocycles. The van der Waals surface area contributed by atoms with Gasteiger partial charge in [0.2, 0.25) is 0 Å². The normalized spacial score (nSPS) is 12.2. The molecule has 0 fully saturated rings. The zero-order valence-electron chi connectivity index (χ0n) is 13.0. The van der Waals surface area contributed by atoms with E-state index in [2.05, 4.69) is 15.6 Å². The van der Waals surface area contributed by atoms with Crippen LogP contribution in [0.2, 0.25) is 0 Å². The van der Waals surface area contributed by atoms with Gasteiger partial charge in [-0.2, -0.15) is 13.2 Å². The fraction of sp³-hybridized carbons (Fsp3) is 0.533. The monoisotopic (exact) mass is 317 g/mol. The molecule has 0 saturated carbocycles. The number of aryl methyl sites for hydroxylation is 1. The number of hydrogen-bond donors (Lipinski definition) is 2. The van der Waals surface area contributed by atoms with Gasteiger partial charge in [0.05, 0.1) is 0 Å². The molecular weight excluding hydrogens is 295 g/mol. The van der Waals surface area contributed by atoms with Crippen LogP contribution in [0.4, 0.5) is 13.2 Å². The van der Waals surface area contributed by atoms with E-state index >= 15 is 0 Å². The average Bonchev–Trinajstić information content (AvgIpc) is 2.46. The maximum absolute atomic E-state index is 12.3. The quantitative estimate of drug-likeness (QED) is 0.626. The highest BCUT2D eigenvalue weighted by atomic mass is 19.4. The number of nitrogens with zero attached hydrogens (tertiary/aromatic N) is 1. The molecule has 0 aliphatic rings. The Hall–Kier alpha value is -1.92. The molecule has 0 heterocycles. The van der Waals surface area contributed by atoms with Crippen LogP contribution >= 0.6 is 0 Å². The van der Waals surface area contributed by atoms with Crippen LogP contribution in [0.5, 0.6) is 5.75 Å². The van der Waals surface area contributed by atoms with Crippen LogP contribution in [-0.4, -0.2) is 32.3 Å². The number of rotatable bonds is 6. The van der Waals surface area contributed by atoms with E-state index in [4.69, 9.17) is 4.74 Å². The number of hydrogen-bond acceptors (Lipinski definition) is 2. The first kappa shape index (κ1) is 18.1. The highest BCUT2D eigenvalue weighted by molar-refractivity contribution is 5.79. The molecule has 0 spiro atoms. The summed E-state index contributed by atoms with van der Waals surface area (Å²) in [5.74, 6) is 0.833. The molecule has 4 nitrogen and oxygen atoms in total. The number of benzene rings is 1. The van der Waals surface area contributed by atoms with E-state index in [1.807, 2.05) is 13.0 Å². The van der Waals surface area contributed by atoms with Crippen molar-refractivity contribution in [3.63, 3.8) is 0 Å². The smallest absolute Gasteiger partial charge is 0.422 e. The Morgan fingerprint density at radius 2 is 2.00 bits per heavy atom. The summed E-state index contributed by atoms with van der Waals surface area (Å²) in [6, 6.07) is 5.19. The van der Waals surface area contributed by atoms with E-state index in [0.29, 0.717) is 18.1 Å². The van der Waals surface area contributed by atoms with Gasteiger partial charge in [-0.05, 0) is 25.0 Å². The van der Waals surface area contributed by atoms with E-state index in [0.717, 1.165) is 18.5 Å². The Bertz CT molecular complexity index is 501. The van der Waals surface area contributed by atoms with Crippen LogP contribution in [0.3, 0.4) is 0 Å². The van der Waals surface area contributed by atoms with Crippen molar-refractivity contribution in [2.75, 3.05) is 20.2 Å². The van der Waals surface area contributed by atoms with Gasteiger partial charge in [-0.15, -0.1) is 0 Å². The maximum atomic E-state index is 12.3. The molecule has 2 N–H and O–H groups in total. The summed E-state index contributed by atoms with van der Waals surface area (Å²) in [7, 11) is 1.64. The number of ether oxygens (including phenoxy) is 1. The molecule has 0 amide bonds. The highest BCUT2D eigenvalue weighted by Crippen LogP contribution is 2.23. The molecule has 0 aromatic heterocycles. The molecule has 1 rings (SSSR count). The lowest BCUT2D eigenvalue weighted by Gasteiger charge is -2.16. The molecule has 7 heteroatoms. The minimum Gasteiger partial charge on any atom is -0.484 e. The van der Waals surface area contributed by atoms with Gasteiger partial charge in [-0.25, -0.2) is 0 Å². The Labute approximate surface area is 128 Å². The molecular formula is C15H22F3N3O. The molecule has 0 unspecified atom stereocenters. The van der Waals surface area contributed by atoms with E-state index < -0.39 is 12.8 Å². The Balaban J connectivity index is 2.73. The summed E-state index contributed by atoms with van der Waals surface area (Å²) in [6.07, 6.45) is -3.40. The number of alkyl halides is 3. The van der Waals surface area contributed by atoms with E-state index in [1.165, 1.54) is 0 Å². The fourth-order valence-electron chi connectivity index (χ4n) is 1.74. The average molecular weight is 317 g/mol. The number of halogens is 3. The van der Waals surface area contributed by atoms with Crippen molar-refractivity contribution in [3.8, 4) is 5.75 Å². The third-order valence-corrected chi connectivity index (χ3v) is 2.83. The van der Waals surface area contributed by atoms with Crippen LogP contribution in [0.15, 0.2) is 23.2 Å². The Kier molecular flexibility index (Phi) is 7.01. The number of nitrogens with one attached hydrogen (secondary N) is 2. The second kappa shape index (κ2) is 8.51. The largest absolute Gasteiger partial charge is 0.484 e. The van der Waals surface area contributed by atoms with Crippen molar-refractivity contribution in [3.05, 3.63) is 29.3 Å². The van der Waals surface area contributed by atoms with Crippen LogP contribution in [-0.2, 0) is 6.54 Å². The minimum atomic E-state index is -4.35. The van der Waals surface area contributed by atoms with Crippen molar-refractivity contribution in [2.45, 2.75) is 33.0 Å². The predicted molar refractivity (Wildman–Crippen MR) is 81.2 cm³/mol. The third-order valence-electron chi connectivity index (χ3n) is 2.83. The summed E-state index contributed by atoms with van der Waals surface area (Å²) in [4.78, 5) is 4.05. The second-order valence-corrected chi connectivity index (χ2v) is 4.87. The summed E-state index contributed by atoms with van der Waals surface area (Å²) >= 11 is 0. The summed E-state index contributed by atoms with van der Waals surface area (Å²) in [5.41, 5.74) is 1.49. The zero-order valence-corrected chi connectivity index (χ0v) is 13.0. The Morgan fingerprint density at radius 3 is 2.59 bits per heavy atom. The lowest BCUT2D eigenvalue weighted by molar-refractivity contribution is -0.153. The Morgan fingerprint density at radius 1 is 1.27 bits per heavy atom. The van der Waals surface area contributed by atoms with E-state index in [9.17, 15) is 13.2 Å². The summed E-state index contributed by atoms with van der Waals surface area (Å²) in [5, 5.41) is 6.15. The molecule has 22 heavy (non-hydrogen) atoms. The van der Waals surface area contributed by atoms with Crippen molar-refractivity contribution in [1.29, 1.82) is 0 Å². The van der Waals surface area contributed by atoms with Gasteiger partial charge in [-0.3, -0.25) is 4.99 Å². The predicted octanol–water partition coefficient (Wildman–Crippen LogP) is 3.01. The zero-order chi connectivity index (χ0) is 16.6. The van der Waals surface area contributed by atoms with Gasteiger partial charge in [-0.1, -0.05) is 19.1 Å². The van der Waals surface area contributed by atoms with Crippen molar-refractivity contribution in [2.24, 2.45) is 4.99 Å². The van der Waals surface area contributed by atoms with Gasteiger partial charge in [0, 0.05) is 25.7 Å². The van der Waals surface area contributed by atoms with Crippen LogP contribution in [0.25, 0.3) is 0 Å². The number of guanidine groups is 1. The van der Waals surface area contributed by atoms with E-state index in [-0.39, 0.29) is 5.75 Å². The first-order valence-electron chi connectivity index (χ1n) is 7.09. The SMILES string of the molecule is CCCNC(=NC)NCc1ccc(C)cc1OCC(F)(F)F. The lowest BCUT2D eigenvalue weighted by Crippen LogP contribution is -2.37. The van der Waals surface area contributed by atoms with Crippen LogP contribution in [0, 0.1) is 6.92 Å². The molecule has 0 aliphatic carbocycles. The fourth-order valence-corrected chi connectivity index (χ4v) is 1.74. The lowest BCUT2D eigenvalue weighted by atomic mass is 10.1. The standard InChI is InChI=1S/C15H22F3N3O/c1-4-7-20-14(19-3)21-9-12-6-5-11(2)8-13(12)22-10-15(16,17)18/h5-6,8H,4,7,9-10H2,1-3H3,(H2,19,20,21). The van der Waals surface area contributed by atoms with Gasteiger partial charge in [0.25, 0.3) is 0 Å². The molecule has 0 radical (unpaired) electrons. The third kappa shape index (κ3) is 6.69. The second-order valence-electron chi connectivity index (χ2n) is 4.87. The first-order chi connectivity index (χ1) is 10.4. The molecule has 0 bridgehead atoms. The topological polar surface area (TPSA) is 45.7 Å². The molecule has 0 saturated heterocycles. The first-order valence-corrected chi connectivity index (χ1v) is 7.09. The van der Waals surface area contributed by atoms with Crippen molar-refractivity contribution in [1.82, 2.24) is 10.6 Å². The summed E-state index contributed by atoms with van der Waals surface area (Å²) < 4.78 is 41.8. The summed E-state index contributed by atoms with van der Waals surface area (Å²) in [6.45, 7) is 3.64. The molecule has 0 aliphatic heterocycles. The van der Waals surface area contributed by atoms with Crippen molar-refractivity contribution >= 4 is 5.96 Å². The minimum absolute atomic E-state index is 0.232. The van der Waals surface area contributed by atoms with Gasteiger partial charge in [0.1, 0.15) is 5.75 Å². The molecule has 0 atom stereocenters. The van der Waals surface area contributed by atoms with Gasteiger partial charge >= 0.3 is 6.18 Å². The molecule has 124 valence electrons. The van der Waals surface area contributed by atoms with Gasteiger partial charge < -0.3 is 15.4 Å². The van der Waals surface area contributed by atoms with Gasteiger partial charge in [0.15, 0.2) is 12.6 Å². The van der Waals surface area contributed by atoms with Crippen molar-refractivity contribution < 1.29 is 17.9 Å².